The molecule has 0 saturated carbocycles. The quantitative estimate of drug-likeness (QED) is 0.822. The molecule has 0 fully saturated rings. The number of benzene rings is 1. The van der Waals surface area contributed by atoms with Gasteiger partial charge < -0.3 is 15.8 Å². The number of amides is 1. The standard InChI is InChI=1S/C13H20N2O2/c1-4-17-11-7-5-10(6-8-11)15-12(16)13(2,3)9-14/h5-8H,4,9,14H2,1-3H3,(H,15,16). The largest absolute Gasteiger partial charge is 0.494 e. The molecule has 1 aromatic carbocycles. The first-order valence-corrected chi connectivity index (χ1v) is 5.74. The van der Waals surface area contributed by atoms with Crippen LogP contribution in [0.2, 0.25) is 0 Å². The van der Waals surface area contributed by atoms with Crippen molar-refractivity contribution in [2.45, 2.75) is 20.8 Å². The third-order valence-electron chi connectivity index (χ3n) is 2.55. The Morgan fingerprint density at radius 1 is 1.35 bits per heavy atom. The third-order valence-corrected chi connectivity index (χ3v) is 2.55. The van der Waals surface area contributed by atoms with Gasteiger partial charge in [0.15, 0.2) is 0 Å². The summed E-state index contributed by atoms with van der Waals surface area (Å²) in [7, 11) is 0. The van der Waals surface area contributed by atoms with E-state index in [4.69, 9.17) is 10.5 Å². The van der Waals surface area contributed by atoms with Gasteiger partial charge in [-0.25, -0.2) is 0 Å². The summed E-state index contributed by atoms with van der Waals surface area (Å²) in [5, 5.41) is 2.83. The van der Waals surface area contributed by atoms with Crippen LogP contribution < -0.4 is 15.8 Å². The van der Waals surface area contributed by atoms with Crippen molar-refractivity contribution in [1.29, 1.82) is 0 Å². The first-order chi connectivity index (χ1) is 7.99. The smallest absolute Gasteiger partial charge is 0.231 e. The molecule has 0 aromatic heterocycles. The summed E-state index contributed by atoms with van der Waals surface area (Å²) in [5.41, 5.74) is 5.74. The average molecular weight is 236 g/mol. The van der Waals surface area contributed by atoms with Gasteiger partial charge >= 0.3 is 0 Å². The lowest BCUT2D eigenvalue weighted by molar-refractivity contribution is -0.123. The number of carbonyl (C=O) groups excluding carboxylic acids is 1. The van der Waals surface area contributed by atoms with Gasteiger partial charge in [-0.3, -0.25) is 4.79 Å². The Balaban J connectivity index is 2.66. The molecule has 0 aliphatic carbocycles. The zero-order valence-corrected chi connectivity index (χ0v) is 10.6. The van der Waals surface area contributed by atoms with Crippen molar-refractivity contribution in [2.75, 3.05) is 18.5 Å². The van der Waals surface area contributed by atoms with Crippen molar-refractivity contribution in [1.82, 2.24) is 0 Å². The van der Waals surface area contributed by atoms with Crippen molar-refractivity contribution in [3.63, 3.8) is 0 Å². The predicted molar refractivity (Wildman–Crippen MR) is 69.1 cm³/mol. The fraction of sp³-hybridized carbons (Fsp3) is 0.462. The number of hydrogen-bond acceptors (Lipinski definition) is 3. The van der Waals surface area contributed by atoms with E-state index in [-0.39, 0.29) is 5.91 Å². The van der Waals surface area contributed by atoms with Crippen LogP contribution in [0.4, 0.5) is 5.69 Å². The fourth-order valence-corrected chi connectivity index (χ4v) is 1.19. The Morgan fingerprint density at radius 3 is 2.41 bits per heavy atom. The number of nitrogens with one attached hydrogen (secondary N) is 1. The second kappa shape index (κ2) is 5.68. The molecule has 1 aromatic rings. The fourth-order valence-electron chi connectivity index (χ4n) is 1.19. The summed E-state index contributed by atoms with van der Waals surface area (Å²) in [5.74, 6) is 0.716. The van der Waals surface area contributed by atoms with Crippen molar-refractivity contribution in [3.8, 4) is 5.75 Å². The van der Waals surface area contributed by atoms with E-state index in [0.717, 1.165) is 11.4 Å². The molecule has 3 N–H and O–H groups in total. The maximum atomic E-state index is 11.9. The number of carbonyl (C=O) groups is 1. The normalized spacial score (nSPS) is 11.1. The topological polar surface area (TPSA) is 64.3 Å². The molecule has 1 amide bonds. The molecule has 0 bridgehead atoms. The summed E-state index contributed by atoms with van der Waals surface area (Å²) >= 11 is 0. The highest BCUT2D eigenvalue weighted by molar-refractivity contribution is 5.94. The maximum Gasteiger partial charge on any atom is 0.231 e. The molecule has 0 radical (unpaired) electrons. The van der Waals surface area contributed by atoms with Crippen LogP contribution in [0.1, 0.15) is 20.8 Å². The summed E-state index contributed by atoms with van der Waals surface area (Å²) in [4.78, 5) is 11.9. The zero-order chi connectivity index (χ0) is 12.9. The van der Waals surface area contributed by atoms with E-state index < -0.39 is 5.41 Å². The van der Waals surface area contributed by atoms with Crippen LogP contribution in [-0.2, 0) is 4.79 Å². The lowest BCUT2D eigenvalue weighted by Crippen LogP contribution is -2.37. The highest BCUT2D eigenvalue weighted by Gasteiger charge is 2.25. The van der Waals surface area contributed by atoms with E-state index in [0.29, 0.717) is 13.2 Å². The molecule has 17 heavy (non-hydrogen) atoms. The Bertz CT molecular complexity index is 372. The van der Waals surface area contributed by atoms with Gasteiger partial charge in [-0.15, -0.1) is 0 Å². The van der Waals surface area contributed by atoms with E-state index >= 15 is 0 Å². The Kier molecular flexibility index (Phi) is 4.52. The second-order valence-electron chi connectivity index (χ2n) is 4.50. The minimum absolute atomic E-state index is 0.0795. The molecule has 0 heterocycles. The molecule has 4 heteroatoms. The molecule has 0 spiro atoms. The van der Waals surface area contributed by atoms with Gasteiger partial charge in [-0.05, 0) is 45.0 Å². The van der Waals surface area contributed by atoms with E-state index in [1.165, 1.54) is 0 Å². The van der Waals surface area contributed by atoms with Gasteiger partial charge in [0.25, 0.3) is 0 Å². The van der Waals surface area contributed by atoms with E-state index in [1.807, 2.05) is 45.0 Å². The van der Waals surface area contributed by atoms with E-state index in [1.54, 1.807) is 0 Å². The molecule has 1 rings (SSSR count). The Labute approximate surface area is 102 Å². The monoisotopic (exact) mass is 236 g/mol. The molecule has 0 aliphatic heterocycles. The minimum Gasteiger partial charge on any atom is -0.494 e. The SMILES string of the molecule is CCOc1ccc(NC(=O)C(C)(C)CN)cc1. The molecule has 0 saturated heterocycles. The van der Waals surface area contributed by atoms with E-state index in [9.17, 15) is 4.79 Å². The van der Waals surface area contributed by atoms with Gasteiger partial charge in [0.1, 0.15) is 5.75 Å². The van der Waals surface area contributed by atoms with Gasteiger partial charge in [0, 0.05) is 12.2 Å². The Morgan fingerprint density at radius 2 is 1.94 bits per heavy atom. The Hall–Kier alpha value is -1.55. The number of rotatable bonds is 5. The van der Waals surface area contributed by atoms with Crippen LogP contribution in [-0.4, -0.2) is 19.1 Å². The van der Waals surface area contributed by atoms with Crippen LogP contribution in [0.3, 0.4) is 0 Å². The summed E-state index contributed by atoms with van der Waals surface area (Å²) < 4.78 is 5.32. The molecule has 94 valence electrons. The van der Waals surface area contributed by atoms with Crippen molar-refractivity contribution in [3.05, 3.63) is 24.3 Å². The summed E-state index contributed by atoms with van der Waals surface area (Å²) in [6.45, 7) is 6.51. The van der Waals surface area contributed by atoms with Crippen molar-refractivity contribution < 1.29 is 9.53 Å². The number of hydrogen-bond donors (Lipinski definition) is 2. The van der Waals surface area contributed by atoms with Crippen LogP contribution in [0.15, 0.2) is 24.3 Å². The molecule has 0 atom stereocenters. The van der Waals surface area contributed by atoms with Crippen molar-refractivity contribution in [2.24, 2.45) is 11.1 Å². The average Bonchev–Trinajstić information content (AvgIpc) is 2.32. The first-order valence-electron chi connectivity index (χ1n) is 5.74. The molecule has 0 unspecified atom stereocenters. The summed E-state index contributed by atoms with van der Waals surface area (Å²) in [6.07, 6.45) is 0. The first kappa shape index (κ1) is 13.5. The zero-order valence-electron chi connectivity index (χ0n) is 10.6. The maximum absolute atomic E-state index is 11.9. The molecule has 4 nitrogen and oxygen atoms in total. The highest BCUT2D eigenvalue weighted by atomic mass is 16.5. The third kappa shape index (κ3) is 3.75. The van der Waals surface area contributed by atoms with Crippen LogP contribution in [0, 0.1) is 5.41 Å². The van der Waals surface area contributed by atoms with Gasteiger partial charge in [0.05, 0.1) is 12.0 Å². The van der Waals surface area contributed by atoms with E-state index in [2.05, 4.69) is 5.32 Å². The number of nitrogens with two attached hydrogens (primary N) is 1. The van der Waals surface area contributed by atoms with Crippen LogP contribution in [0.25, 0.3) is 0 Å². The van der Waals surface area contributed by atoms with Crippen molar-refractivity contribution >= 4 is 11.6 Å². The lowest BCUT2D eigenvalue weighted by Gasteiger charge is -2.21. The second-order valence-corrected chi connectivity index (χ2v) is 4.50. The van der Waals surface area contributed by atoms with Gasteiger partial charge in [-0.2, -0.15) is 0 Å². The minimum atomic E-state index is -0.557. The predicted octanol–water partition coefficient (Wildman–Crippen LogP) is 2.01. The molecular weight excluding hydrogens is 216 g/mol. The van der Waals surface area contributed by atoms with Crippen LogP contribution in [0.5, 0.6) is 5.75 Å². The van der Waals surface area contributed by atoms with Gasteiger partial charge in [0.2, 0.25) is 5.91 Å². The molecular formula is C13H20N2O2. The van der Waals surface area contributed by atoms with Crippen LogP contribution >= 0.6 is 0 Å². The van der Waals surface area contributed by atoms with Gasteiger partial charge in [-0.1, -0.05) is 0 Å². The number of anilines is 1. The highest BCUT2D eigenvalue weighted by Crippen LogP contribution is 2.19. The molecule has 0 aliphatic rings. The summed E-state index contributed by atoms with van der Waals surface area (Å²) in [6, 6.07) is 7.29. The lowest BCUT2D eigenvalue weighted by atomic mass is 9.92. The number of ether oxygens (including phenoxy) is 1.